The molecule has 2 aromatic carbocycles. The molecule has 0 fully saturated rings. The Hall–Kier alpha value is -2.36. The third kappa shape index (κ3) is 2.89. The molecule has 0 spiro atoms. The summed E-state index contributed by atoms with van der Waals surface area (Å²) in [7, 11) is 0. The Morgan fingerprint density at radius 2 is 1.95 bits per heavy atom. The number of rotatable bonds is 4. The maximum atomic E-state index is 12.9. The van der Waals surface area contributed by atoms with Crippen molar-refractivity contribution in [1.82, 2.24) is 4.98 Å². The van der Waals surface area contributed by atoms with Crippen LogP contribution in [0.3, 0.4) is 0 Å². The fourth-order valence-electron chi connectivity index (χ4n) is 2.30. The third-order valence-electron chi connectivity index (χ3n) is 3.49. The second-order valence-corrected chi connectivity index (χ2v) is 5.06. The molecule has 1 heterocycles. The lowest BCUT2D eigenvalue weighted by atomic mass is 10.1. The van der Waals surface area contributed by atoms with Crippen LogP contribution in [0.1, 0.15) is 31.3 Å². The Labute approximate surface area is 122 Å². The van der Waals surface area contributed by atoms with Gasteiger partial charge in [-0.05, 0) is 42.8 Å². The minimum absolute atomic E-state index is 0.0839. The van der Waals surface area contributed by atoms with Crippen molar-refractivity contribution >= 4 is 16.8 Å². The molecule has 0 aliphatic heterocycles. The zero-order valence-electron chi connectivity index (χ0n) is 12.1. The van der Waals surface area contributed by atoms with Gasteiger partial charge in [0.2, 0.25) is 0 Å². The number of fused-ring (bicyclic) bond motifs is 1. The molecule has 0 saturated carbocycles. The van der Waals surface area contributed by atoms with Crippen molar-refractivity contribution in [2.24, 2.45) is 0 Å². The fraction of sp³-hybridized carbons (Fsp3) is 0.235. The lowest BCUT2D eigenvalue weighted by Gasteiger charge is -2.15. The Balaban J connectivity index is 1.82. The fourth-order valence-corrected chi connectivity index (χ4v) is 2.30. The van der Waals surface area contributed by atoms with Gasteiger partial charge in [0.1, 0.15) is 11.3 Å². The molecule has 3 aromatic rings. The maximum absolute atomic E-state index is 12.9. The molecule has 1 unspecified atom stereocenters. The molecule has 1 N–H and O–H groups in total. The van der Waals surface area contributed by atoms with Gasteiger partial charge >= 0.3 is 0 Å². The number of anilines is 1. The Morgan fingerprint density at radius 3 is 2.67 bits per heavy atom. The van der Waals surface area contributed by atoms with Gasteiger partial charge in [0.25, 0.3) is 0 Å². The summed E-state index contributed by atoms with van der Waals surface area (Å²) in [5.41, 5.74) is 3.65. The van der Waals surface area contributed by atoms with Crippen LogP contribution >= 0.6 is 0 Å². The van der Waals surface area contributed by atoms with Crippen molar-refractivity contribution in [1.29, 1.82) is 0 Å². The van der Waals surface area contributed by atoms with Crippen LogP contribution in [0.2, 0.25) is 0 Å². The van der Waals surface area contributed by atoms with E-state index in [0.29, 0.717) is 0 Å². The summed E-state index contributed by atoms with van der Waals surface area (Å²) in [6.07, 6.45) is 0.781. The molecule has 0 radical (unpaired) electrons. The molecule has 3 nitrogen and oxygen atoms in total. The quantitative estimate of drug-likeness (QED) is 0.754. The first-order valence-electron chi connectivity index (χ1n) is 7.07. The summed E-state index contributed by atoms with van der Waals surface area (Å²) in [6, 6.07) is 12.5. The Bertz CT molecular complexity index is 749. The zero-order valence-corrected chi connectivity index (χ0v) is 12.1. The summed E-state index contributed by atoms with van der Waals surface area (Å²) in [6.45, 7) is 4.05. The van der Waals surface area contributed by atoms with E-state index < -0.39 is 0 Å². The highest BCUT2D eigenvalue weighted by Gasteiger charge is 2.08. The normalized spacial score (nSPS) is 12.5. The van der Waals surface area contributed by atoms with Crippen LogP contribution < -0.4 is 5.32 Å². The van der Waals surface area contributed by atoms with Crippen molar-refractivity contribution in [3.63, 3.8) is 0 Å². The largest absolute Gasteiger partial charge is 0.441 e. The second-order valence-electron chi connectivity index (χ2n) is 5.06. The van der Waals surface area contributed by atoms with Gasteiger partial charge < -0.3 is 9.73 Å². The molecule has 4 heteroatoms. The number of halogens is 1. The SMILES string of the molecule is CCc1nc2cc(NC(C)c3ccc(F)cc3)ccc2o1. The highest BCUT2D eigenvalue weighted by Crippen LogP contribution is 2.24. The summed E-state index contributed by atoms with van der Waals surface area (Å²) in [5.74, 6) is 0.524. The Kier molecular flexibility index (Phi) is 3.60. The number of nitrogens with zero attached hydrogens (tertiary/aromatic N) is 1. The van der Waals surface area contributed by atoms with E-state index in [2.05, 4.69) is 10.3 Å². The molecule has 0 aliphatic carbocycles. The molecule has 0 bridgehead atoms. The van der Waals surface area contributed by atoms with E-state index in [-0.39, 0.29) is 11.9 Å². The van der Waals surface area contributed by atoms with Crippen molar-refractivity contribution in [2.45, 2.75) is 26.3 Å². The number of hydrogen-bond donors (Lipinski definition) is 1. The zero-order chi connectivity index (χ0) is 14.8. The molecule has 21 heavy (non-hydrogen) atoms. The van der Waals surface area contributed by atoms with Crippen molar-refractivity contribution in [2.75, 3.05) is 5.32 Å². The van der Waals surface area contributed by atoms with Crippen molar-refractivity contribution in [3.05, 3.63) is 59.7 Å². The highest BCUT2D eigenvalue weighted by atomic mass is 19.1. The molecular formula is C17H17FN2O. The van der Waals surface area contributed by atoms with E-state index in [1.807, 2.05) is 32.0 Å². The first kappa shape index (κ1) is 13.6. The van der Waals surface area contributed by atoms with E-state index in [0.717, 1.165) is 34.7 Å². The molecular weight excluding hydrogens is 267 g/mol. The highest BCUT2D eigenvalue weighted by molar-refractivity contribution is 5.77. The van der Waals surface area contributed by atoms with E-state index in [1.165, 1.54) is 12.1 Å². The average Bonchev–Trinajstić information content (AvgIpc) is 2.90. The number of oxazole rings is 1. The summed E-state index contributed by atoms with van der Waals surface area (Å²) < 4.78 is 18.5. The first-order valence-corrected chi connectivity index (χ1v) is 7.07. The van der Waals surface area contributed by atoms with E-state index in [9.17, 15) is 4.39 Å². The van der Waals surface area contributed by atoms with Crippen LogP contribution in [0.5, 0.6) is 0 Å². The van der Waals surface area contributed by atoms with E-state index in [1.54, 1.807) is 12.1 Å². The van der Waals surface area contributed by atoms with Gasteiger partial charge in [0.05, 0.1) is 0 Å². The lowest BCUT2D eigenvalue weighted by molar-refractivity contribution is 0.538. The standard InChI is InChI=1S/C17H17FN2O/c1-3-17-20-15-10-14(8-9-16(15)21-17)19-11(2)12-4-6-13(18)7-5-12/h4-11,19H,3H2,1-2H3. The number of nitrogens with one attached hydrogen (secondary N) is 1. The number of benzene rings is 2. The van der Waals surface area contributed by atoms with Crippen molar-refractivity contribution in [3.8, 4) is 0 Å². The van der Waals surface area contributed by atoms with Crippen LogP contribution in [0.4, 0.5) is 10.1 Å². The summed E-state index contributed by atoms with van der Waals surface area (Å²) in [4.78, 5) is 4.43. The van der Waals surface area contributed by atoms with Crippen LogP contribution in [0.15, 0.2) is 46.9 Å². The average molecular weight is 284 g/mol. The topological polar surface area (TPSA) is 38.1 Å². The van der Waals surface area contributed by atoms with Gasteiger partial charge in [-0.1, -0.05) is 19.1 Å². The molecule has 1 atom stereocenters. The van der Waals surface area contributed by atoms with Gasteiger partial charge in [0.15, 0.2) is 11.5 Å². The molecule has 0 aliphatic rings. The van der Waals surface area contributed by atoms with Gasteiger partial charge in [-0.15, -0.1) is 0 Å². The van der Waals surface area contributed by atoms with Crippen LogP contribution in [-0.2, 0) is 6.42 Å². The van der Waals surface area contributed by atoms with Crippen LogP contribution in [0, 0.1) is 5.82 Å². The molecule has 0 amide bonds. The van der Waals surface area contributed by atoms with Gasteiger partial charge in [-0.3, -0.25) is 0 Å². The number of aryl methyl sites for hydroxylation is 1. The minimum Gasteiger partial charge on any atom is -0.441 e. The first-order chi connectivity index (χ1) is 10.2. The molecule has 0 saturated heterocycles. The predicted molar refractivity (Wildman–Crippen MR) is 81.8 cm³/mol. The van der Waals surface area contributed by atoms with Crippen LogP contribution in [-0.4, -0.2) is 4.98 Å². The van der Waals surface area contributed by atoms with E-state index >= 15 is 0 Å². The van der Waals surface area contributed by atoms with Crippen LogP contribution in [0.25, 0.3) is 11.1 Å². The lowest BCUT2D eigenvalue weighted by Crippen LogP contribution is -2.06. The molecule has 1 aromatic heterocycles. The number of hydrogen-bond acceptors (Lipinski definition) is 3. The Morgan fingerprint density at radius 1 is 1.19 bits per heavy atom. The van der Waals surface area contributed by atoms with E-state index in [4.69, 9.17) is 4.42 Å². The van der Waals surface area contributed by atoms with Gasteiger partial charge in [-0.2, -0.15) is 0 Å². The predicted octanol–water partition coefficient (Wildman–Crippen LogP) is 4.70. The summed E-state index contributed by atoms with van der Waals surface area (Å²) >= 11 is 0. The molecule has 3 rings (SSSR count). The molecule has 108 valence electrons. The number of aromatic nitrogens is 1. The maximum Gasteiger partial charge on any atom is 0.195 e. The third-order valence-corrected chi connectivity index (χ3v) is 3.49. The van der Waals surface area contributed by atoms with Gasteiger partial charge in [0, 0.05) is 18.2 Å². The van der Waals surface area contributed by atoms with Gasteiger partial charge in [-0.25, -0.2) is 9.37 Å². The summed E-state index contributed by atoms with van der Waals surface area (Å²) in [5, 5.41) is 3.39. The van der Waals surface area contributed by atoms with Crippen molar-refractivity contribution < 1.29 is 8.81 Å². The minimum atomic E-state index is -0.220. The monoisotopic (exact) mass is 284 g/mol. The second kappa shape index (κ2) is 5.56. The smallest absolute Gasteiger partial charge is 0.195 e.